The molecule has 1 heterocycles. The summed E-state index contributed by atoms with van der Waals surface area (Å²) in [5, 5.41) is 6.56. The van der Waals surface area contributed by atoms with Crippen LogP contribution in [-0.4, -0.2) is 36.9 Å². The molecule has 0 aliphatic heterocycles. The van der Waals surface area contributed by atoms with Crippen LogP contribution in [0.25, 0.3) is 0 Å². The Balaban J connectivity index is 1.83. The first-order valence-electron chi connectivity index (χ1n) is 7.79. The lowest BCUT2D eigenvalue weighted by molar-refractivity contribution is -0.137. The summed E-state index contributed by atoms with van der Waals surface area (Å²) in [5.41, 5.74) is -1.05. The average molecular weight is 420 g/mol. The Labute approximate surface area is 163 Å². The molecule has 0 saturated carbocycles. The highest BCUT2D eigenvalue weighted by molar-refractivity contribution is 7.09. The maximum absolute atomic E-state index is 12.8. The van der Waals surface area contributed by atoms with Crippen LogP contribution < -0.4 is 10.6 Å². The van der Waals surface area contributed by atoms with E-state index in [1.165, 1.54) is 22.3 Å². The van der Waals surface area contributed by atoms with Gasteiger partial charge in [0.25, 0.3) is 0 Å². The zero-order valence-electron chi connectivity index (χ0n) is 14.3. The zero-order chi connectivity index (χ0) is 20.0. The Kier molecular flexibility index (Phi) is 7.23. The Hall–Kier alpha value is -2.10. The van der Waals surface area contributed by atoms with Gasteiger partial charge in [-0.1, -0.05) is 17.7 Å². The van der Waals surface area contributed by atoms with Gasteiger partial charge in [-0.15, -0.1) is 11.3 Å². The molecule has 2 rings (SSSR count). The number of likely N-dealkylation sites (N-methyl/N-ethyl adjacent to an activating group) is 1. The molecule has 27 heavy (non-hydrogen) atoms. The Morgan fingerprint density at radius 1 is 1.19 bits per heavy atom. The first-order valence-corrected chi connectivity index (χ1v) is 9.05. The molecule has 0 atom stereocenters. The Morgan fingerprint density at radius 3 is 2.52 bits per heavy atom. The van der Waals surface area contributed by atoms with Gasteiger partial charge in [0.05, 0.1) is 30.2 Å². The second kappa shape index (κ2) is 9.20. The van der Waals surface area contributed by atoms with E-state index < -0.39 is 22.7 Å². The monoisotopic (exact) mass is 419 g/mol. The van der Waals surface area contributed by atoms with E-state index in [1.54, 1.807) is 7.05 Å². The summed E-state index contributed by atoms with van der Waals surface area (Å²) >= 11 is 7.06. The number of alkyl halides is 3. The molecule has 5 nitrogen and oxygen atoms in total. The van der Waals surface area contributed by atoms with E-state index in [1.807, 2.05) is 17.5 Å². The van der Waals surface area contributed by atoms with E-state index in [4.69, 9.17) is 11.6 Å². The van der Waals surface area contributed by atoms with Crippen LogP contribution in [0, 0.1) is 0 Å². The molecule has 146 valence electrons. The Bertz CT molecular complexity index is 797. The van der Waals surface area contributed by atoms with Crippen molar-refractivity contribution < 1.29 is 22.8 Å². The van der Waals surface area contributed by atoms with E-state index in [0.717, 1.165) is 17.0 Å². The third-order valence-electron chi connectivity index (χ3n) is 3.42. The minimum atomic E-state index is -4.62. The first kappa shape index (κ1) is 21.2. The SMILES string of the molecule is CN(CC(=O)NCc1cccs1)CC(=O)Nc1ccc(Cl)c(C(F)(F)F)c1. The van der Waals surface area contributed by atoms with E-state index in [0.29, 0.717) is 6.54 Å². The van der Waals surface area contributed by atoms with Crippen LogP contribution in [0.3, 0.4) is 0 Å². The number of anilines is 1. The lowest BCUT2D eigenvalue weighted by atomic mass is 10.2. The zero-order valence-corrected chi connectivity index (χ0v) is 15.8. The largest absolute Gasteiger partial charge is 0.417 e. The number of benzene rings is 1. The topological polar surface area (TPSA) is 61.4 Å². The highest BCUT2D eigenvalue weighted by Gasteiger charge is 2.33. The van der Waals surface area contributed by atoms with E-state index in [9.17, 15) is 22.8 Å². The molecule has 0 fully saturated rings. The Morgan fingerprint density at radius 2 is 1.89 bits per heavy atom. The molecule has 0 saturated heterocycles. The van der Waals surface area contributed by atoms with Crippen LogP contribution in [0.2, 0.25) is 5.02 Å². The van der Waals surface area contributed by atoms with Crippen LogP contribution >= 0.6 is 22.9 Å². The molecular formula is C17H17ClF3N3O2S. The average Bonchev–Trinajstić information content (AvgIpc) is 3.07. The molecule has 0 radical (unpaired) electrons. The first-order chi connectivity index (χ1) is 12.6. The smallest absolute Gasteiger partial charge is 0.350 e. The number of hydrogen-bond acceptors (Lipinski definition) is 4. The van der Waals surface area contributed by atoms with Crippen molar-refractivity contribution in [2.75, 3.05) is 25.5 Å². The molecule has 0 unspecified atom stereocenters. The van der Waals surface area contributed by atoms with Crippen LogP contribution in [0.1, 0.15) is 10.4 Å². The number of hydrogen-bond donors (Lipinski definition) is 2. The summed E-state index contributed by atoms with van der Waals surface area (Å²) < 4.78 is 38.5. The van der Waals surface area contributed by atoms with Crippen LogP contribution in [0.5, 0.6) is 0 Å². The minimum absolute atomic E-state index is 0.0206. The molecule has 2 N–H and O–H groups in total. The van der Waals surface area contributed by atoms with Gasteiger partial charge in [-0.05, 0) is 36.7 Å². The molecule has 0 aliphatic rings. The predicted molar refractivity (Wildman–Crippen MR) is 98.7 cm³/mol. The number of thiophene rings is 1. The van der Waals surface area contributed by atoms with Crippen molar-refractivity contribution in [3.05, 3.63) is 51.2 Å². The normalized spacial score (nSPS) is 11.5. The molecule has 2 amide bonds. The van der Waals surface area contributed by atoms with Gasteiger partial charge in [-0.2, -0.15) is 13.2 Å². The maximum atomic E-state index is 12.8. The van der Waals surface area contributed by atoms with Gasteiger partial charge in [0.1, 0.15) is 0 Å². The van der Waals surface area contributed by atoms with Gasteiger partial charge in [-0.25, -0.2) is 0 Å². The van der Waals surface area contributed by atoms with Crippen LogP contribution in [0.4, 0.5) is 18.9 Å². The van der Waals surface area contributed by atoms with Crippen molar-refractivity contribution in [1.29, 1.82) is 0 Å². The van der Waals surface area contributed by atoms with Gasteiger partial charge >= 0.3 is 6.18 Å². The number of nitrogens with one attached hydrogen (secondary N) is 2. The van der Waals surface area contributed by atoms with Crippen molar-refractivity contribution in [2.45, 2.75) is 12.7 Å². The van der Waals surface area contributed by atoms with Crippen molar-refractivity contribution >= 4 is 40.4 Å². The van der Waals surface area contributed by atoms with E-state index in [2.05, 4.69) is 10.6 Å². The summed E-state index contributed by atoms with van der Waals surface area (Å²) in [6.45, 7) is 0.227. The summed E-state index contributed by atoms with van der Waals surface area (Å²) in [4.78, 5) is 26.3. The van der Waals surface area contributed by atoms with Gasteiger partial charge in [0, 0.05) is 10.6 Å². The molecule has 1 aromatic carbocycles. The second-order valence-corrected chi connectivity index (χ2v) is 7.21. The fourth-order valence-electron chi connectivity index (χ4n) is 2.22. The maximum Gasteiger partial charge on any atom is 0.417 e. The number of nitrogens with zero attached hydrogens (tertiary/aromatic N) is 1. The van der Waals surface area contributed by atoms with Crippen molar-refractivity contribution in [2.24, 2.45) is 0 Å². The summed E-state index contributed by atoms with van der Waals surface area (Å²) in [7, 11) is 1.56. The highest BCUT2D eigenvalue weighted by atomic mass is 35.5. The predicted octanol–water partition coefficient (Wildman–Crippen LogP) is 3.61. The third-order valence-corrected chi connectivity index (χ3v) is 4.63. The lowest BCUT2D eigenvalue weighted by Crippen LogP contribution is -2.38. The lowest BCUT2D eigenvalue weighted by Gasteiger charge is -2.16. The fourth-order valence-corrected chi connectivity index (χ4v) is 3.09. The van der Waals surface area contributed by atoms with Gasteiger partial charge in [0.2, 0.25) is 11.8 Å². The van der Waals surface area contributed by atoms with Crippen molar-refractivity contribution in [3.8, 4) is 0 Å². The highest BCUT2D eigenvalue weighted by Crippen LogP contribution is 2.36. The van der Waals surface area contributed by atoms with Gasteiger partial charge in [-0.3, -0.25) is 14.5 Å². The number of carbonyl (C=O) groups excluding carboxylic acids is 2. The van der Waals surface area contributed by atoms with Crippen LogP contribution in [0.15, 0.2) is 35.7 Å². The number of rotatable bonds is 7. The van der Waals surface area contributed by atoms with E-state index in [-0.39, 0.29) is 24.7 Å². The van der Waals surface area contributed by atoms with Gasteiger partial charge in [0.15, 0.2) is 0 Å². The van der Waals surface area contributed by atoms with Crippen molar-refractivity contribution in [3.63, 3.8) is 0 Å². The minimum Gasteiger partial charge on any atom is -0.350 e. The van der Waals surface area contributed by atoms with Crippen molar-refractivity contribution in [1.82, 2.24) is 10.2 Å². The number of carbonyl (C=O) groups is 2. The molecule has 0 spiro atoms. The second-order valence-electron chi connectivity index (χ2n) is 5.77. The summed E-state index contributed by atoms with van der Waals surface area (Å²) in [5.74, 6) is -0.802. The van der Waals surface area contributed by atoms with E-state index >= 15 is 0 Å². The molecule has 0 bridgehead atoms. The molecule has 1 aromatic heterocycles. The molecule has 10 heteroatoms. The molecule has 2 aromatic rings. The quantitative estimate of drug-likeness (QED) is 0.720. The molecular weight excluding hydrogens is 403 g/mol. The standard InChI is InChI=1S/C17H17ClF3N3O2S/c1-24(9-15(25)22-8-12-3-2-6-27-12)10-16(26)23-11-4-5-14(18)13(7-11)17(19,20)21/h2-7H,8-10H2,1H3,(H,22,25)(H,23,26). The third kappa shape index (κ3) is 6.85. The number of halogens is 4. The van der Waals surface area contributed by atoms with Crippen LogP contribution in [-0.2, 0) is 22.3 Å². The summed E-state index contributed by atoms with van der Waals surface area (Å²) in [6, 6.07) is 6.89. The molecule has 0 aliphatic carbocycles. The van der Waals surface area contributed by atoms with Gasteiger partial charge < -0.3 is 10.6 Å². The summed E-state index contributed by atoms with van der Waals surface area (Å²) in [6.07, 6.45) is -4.62. The number of amides is 2. The fraction of sp³-hybridized carbons (Fsp3) is 0.294.